The van der Waals surface area contributed by atoms with Crippen molar-refractivity contribution in [1.29, 1.82) is 0 Å². The van der Waals surface area contributed by atoms with Gasteiger partial charge in [0.25, 0.3) is 5.91 Å². The summed E-state index contributed by atoms with van der Waals surface area (Å²) in [5.41, 5.74) is 0.847. The van der Waals surface area contributed by atoms with E-state index in [0.29, 0.717) is 29.7 Å². The predicted molar refractivity (Wildman–Crippen MR) is 143 cm³/mol. The second-order valence-corrected chi connectivity index (χ2v) is 11.5. The molecule has 1 aromatic heterocycles. The molecule has 0 bridgehead atoms. The van der Waals surface area contributed by atoms with Crippen molar-refractivity contribution < 1.29 is 32.6 Å². The number of nitrogens with one attached hydrogen (secondary N) is 1. The SMILES string of the molecule is CC(C)Oc1ccc(S(=O)(=O)N2CCN(c3ccc(C(=O)Nc4nccs4)c(OCC(=O)O)c3)CC2)cc1. The quantitative estimate of drug-likeness (QED) is 0.383. The first-order valence-corrected chi connectivity index (χ1v) is 14.2. The van der Waals surface area contributed by atoms with E-state index in [4.69, 9.17) is 14.6 Å². The summed E-state index contributed by atoms with van der Waals surface area (Å²) in [5.74, 6) is -0.942. The summed E-state index contributed by atoms with van der Waals surface area (Å²) in [5, 5.41) is 13.9. The minimum atomic E-state index is -3.68. The fraction of sp³-hybridized carbons (Fsp3) is 0.320. The van der Waals surface area contributed by atoms with E-state index < -0.39 is 28.5 Å². The van der Waals surface area contributed by atoms with Crippen molar-refractivity contribution in [1.82, 2.24) is 9.29 Å². The van der Waals surface area contributed by atoms with Crippen LogP contribution in [0.25, 0.3) is 0 Å². The zero-order valence-electron chi connectivity index (χ0n) is 20.9. The first kappa shape index (κ1) is 27.4. The zero-order chi connectivity index (χ0) is 27.3. The lowest BCUT2D eigenvalue weighted by molar-refractivity contribution is -0.139. The number of rotatable bonds is 10. The molecule has 11 nitrogen and oxygen atoms in total. The van der Waals surface area contributed by atoms with Crippen molar-refractivity contribution in [2.75, 3.05) is 43.0 Å². The van der Waals surface area contributed by atoms with Crippen LogP contribution in [0.3, 0.4) is 0 Å². The number of aromatic nitrogens is 1. The fourth-order valence-electron chi connectivity index (χ4n) is 3.90. The van der Waals surface area contributed by atoms with Crippen LogP contribution in [0.1, 0.15) is 24.2 Å². The van der Waals surface area contributed by atoms with Crippen molar-refractivity contribution in [2.45, 2.75) is 24.8 Å². The van der Waals surface area contributed by atoms with Crippen molar-refractivity contribution >= 4 is 44.1 Å². The van der Waals surface area contributed by atoms with Gasteiger partial charge < -0.3 is 19.5 Å². The molecular formula is C25H28N4O7S2. The Morgan fingerprint density at radius 1 is 1.11 bits per heavy atom. The maximum Gasteiger partial charge on any atom is 0.341 e. The molecule has 38 heavy (non-hydrogen) atoms. The number of carbonyl (C=O) groups excluding carboxylic acids is 1. The van der Waals surface area contributed by atoms with Crippen LogP contribution < -0.4 is 19.7 Å². The number of anilines is 2. The van der Waals surface area contributed by atoms with Crippen LogP contribution in [0.4, 0.5) is 10.8 Å². The second-order valence-electron chi connectivity index (χ2n) is 8.68. The Labute approximate surface area is 224 Å². The maximum atomic E-state index is 13.2. The Balaban J connectivity index is 1.46. The van der Waals surface area contributed by atoms with Crippen molar-refractivity contribution in [3.8, 4) is 11.5 Å². The maximum absolute atomic E-state index is 13.2. The number of benzene rings is 2. The molecule has 202 valence electrons. The third-order valence-corrected chi connectivity index (χ3v) is 8.25. The minimum Gasteiger partial charge on any atom is -0.491 e. The van der Waals surface area contributed by atoms with E-state index >= 15 is 0 Å². The van der Waals surface area contributed by atoms with Crippen LogP contribution in [0.2, 0.25) is 0 Å². The van der Waals surface area contributed by atoms with E-state index in [2.05, 4.69) is 10.3 Å². The van der Waals surface area contributed by atoms with E-state index in [-0.39, 0.29) is 35.4 Å². The molecule has 2 N–H and O–H groups in total. The van der Waals surface area contributed by atoms with Crippen molar-refractivity contribution in [3.05, 3.63) is 59.6 Å². The van der Waals surface area contributed by atoms with Gasteiger partial charge in [-0.3, -0.25) is 10.1 Å². The molecule has 4 rings (SSSR count). The second kappa shape index (κ2) is 11.8. The number of hydrogen-bond acceptors (Lipinski definition) is 9. The Kier molecular flexibility index (Phi) is 8.49. The molecule has 2 aromatic carbocycles. The minimum absolute atomic E-state index is 0.0120. The number of hydrogen-bond donors (Lipinski definition) is 2. The molecule has 0 unspecified atom stereocenters. The van der Waals surface area contributed by atoms with Gasteiger partial charge in [-0.1, -0.05) is 0 Å². The van der Waals surface area contributed by atoms with Crippen molar-refractivity contribution in [2.24, 2.45) is 0 Å². The van der Waals surface area contributed by atoms with Gasteiger partial charge in [-0.15, -0.1) is 11.3 Å². The molecule has 0 saturated carbocycles. The number of nitrogens with zero attached hydrogens (tertiary/aromatic N) is 3. The van der Waals surface area contributed by atoms with Gasteiger partial charge in [-0.2, -0.15) is 4.31 Å². The molecule has 0 aliphatic carbocycles. The van der Waals surface area contributed by atoms with Gasteiger partial charge in [-0.05, 0) is 50.2 Å². The van der Waals surface area contributed by atoms with Crippen LogP contribution in [-0.4, -0.2) is 73.6 Å². The highest BCUT2D eigenvalue weighted by Crippen LogP contribution is 2.29. The third kappa shape index (κ3) is 6.60. The first-order valence-electron chi connectivity index (χ1n) is 11.8. The van der Waals surface area contributed by atoms with Gasteiger partial charge in [0.1, 0.15) is 11.5 Å². The Morgan fingerprint density at radius 3 is 2.42 bits per heavy atom. The summed E-state index contributed by atoms with van der Waals surface area (Å²) < 4.78 is 38.8. The van der Waals surface area contributed by atoms with Crippen LogP contribution in [-0.2, 0) is 14.8 Å². The van der Waals surface area contributed by atoms with Crippen LogP contribution in [0, 0.1) is 0 Å². The molecule has 1 saturated heterocycles. The fourth-order valence-corrected chi connectivity index (χ4v) is 5.85. The summed E-state index contributed by atoms with van der Waals surface area (Å²) in [6.07, 6.45) is 1.54. The van der Waals surface area contributed by atoms with E-state index in [0.717, 1.165) is 0 Å². The molecular weight excluding hydrogens is 532 g/mol. The molecule has 3 aromatic rings. The van der Waals surface area contributed by atoms with E-state index in [9.17, 15) is 18.0 Å². The van der Waals surface area contributed by atoms with Gasteiger partial charge in [0.2, 0.25) is 10.0 Å². The van der Waals surface area contributed by atoms with Crippen LogP contribution in [0.15, 0.2) is 58.9 Å². The number of carboxylic acids is 1. The Morgan fingerprint density at radius 2 is 1.82 bits per heavy atom. The Bertz CT molecular complexity index is 1370. The molecule has 1 amide bonds. The molecule has 1 fully saturated rings. The highest BCUT2D eigenvalue weighted by atomic mass is 32.2. The van der Waals surface area contributed by atoms with Crippen LogP contribution >= 0.6 is 11.3 Å². The van der Waals surface area contributed by atoms with Crippen molar-refractivity contribution in [3.63, 3.8) is 0 Å². The number of ether oxygens (including phenoxy) is 2. The molecule has 1 aliphatic heterocycles. The molecule has 13 heteroatoms. The largest absolute Gasteiger partial charge is 0.491 e. The molecule has 0 spiro atoms. The summed E-state index contributed by atoms with van der Waals surface area (Å²) in [7, 11) is -3.68. The Hall–Kier alpha value is -3.68. The molecule has 0 atom stereocenters. The summed E-state index contributed by atoms with van der Waals surface area (Å²) in [4.78, 5) is 30.0. The third-order valence-electron chi connectivity index (χ3n) is 5.65. The van der Waals surface area contributed by atoms with E-state index in [1.54, 1.807) is 54.0 Å². The van der Waals surface area contributed by atoms with E-state index in [1.807, 2.05) is 18.7 Å². The number of carbonyl (C=O) groups is 2. The smallest absolute Gasteiger partial charge is 0.341 e. The highest BCUT2D eigenvalue weighted by Gasteiger charge is 2.29. The zero-order valence-corrected chi connectivity index (χ0v) is 22.5. The number of piperazine rings is 1. The lowest BCUT2D eigenvalue weighted by atomic mass is 10.1. The highest BCUT2D eigenvalue weighted by molar-refractivity contribution is 7.89. The summed E-state index contributed by atoms with van der Waals surface area (Å²) >= 11 is 1.25. The lowest BCUT2D eigenvalue weighted by Crippen LogP contribution is -2.48. The predicted octanol–water partition coefficient (Wildman–Crippen LogP) is 3.16. The normalized spacial score (nSPS) is 14.3. The average molecular weight is 561 g/mol. The lowest BCUT2D eigenvalue weighted by Gasteiger charge is -2.35. The summed E-state index contributed by atoms with van der Waals surface area (Å²) in [6.45, 7) is 4.49. The molecule has 0 radical (unpaired) electrons. The summed E-state index contributed by atoms with van der Waals surface area (Å²) in [6, 6.07) is 11.3. The number of carboxylic acid groups (broad SMARTS) is 1. The number of amides is 1. The van der Waals surface area contributed by atoms with E-state index in [1.165, 1.54) is 15.6 Å². The average Bonchev–Trinajstić information content (AvgIpc) is 3.40. The van der Waals surface area contributed by atoms with Gasteiger partial charge >= 0.3 is 5.97 Å². The first-order chi connectivity index (χ1) is 18.1. The number of sulfonamides is 1. The topological polar surface area (TPSA) is 138 Å². The van der Waals surface area contributed by atoms with Crippen LogP contribution in [0.5, 0.6) is 11.5 Å². The number of thiazole rings is 1. The molecule has 1 aliphatic rings. The van der Waals surface area contributed by atoms with Gasteiger partial charge in [-0.25, -0.2) is 18.2 Å². The monoisotopic (exact) mass is 560 g/mol. The van der Waals surface area contributed by atoms with Gasteiger partial charge in [0.05, 0.1) is 16.6 Å². The van der Waals surface area contributed by atoms with Gasteiger partial charge in [0, 0.05) is 49.5 Å². The van der Waals surface area contributed by atoms with Gasteiger partial charge in [0.15, 0.2) is 11.7 Å². The molecule has 2 heterocycles. The number of aliphatic carboxylic acids is 1. The standard InChI is InChI=1S/C25H28N4O7S2/c1-17(2)36-19-4-6-20(7-5-19)38(33,34)29-12-10-28(11-13-29)18-3-8-21(22(15-18)35-16-23(30)31)24(32)27-25-26-9-14-37-25/h3-9,14-15,17H,10-13,16H2,1-2H3,(H,30,31)(H,26,27,32).